The van der Waals surface area contributed by atoms with Crippen LogP contribution in [0.3, 0.4) is 0 Å². The van der Waals surface area contributed by atoms with Crippen LogP contribution in [0.5, 0.6) is 5.75 Å². The highest BCUT2D eigenvalue weighted by Crippen LogP contribution is 2.36. The van der Waals surface area contributed by atoms with Gasteiger partial charge >= 0.3 is 0 Å². The van der Waals surface area contributed by atoms with Crippen LogP contribution in [0.15, 0.2) is 24.3 Å². The first-order valence-corrected chi connectivity index (χ1v) is 8.85. The molecule has 4 rings (SSSR count). The van der Waals surface area contributed by atoms with E-state index in [-0.39, 0.29) is 11.9 Å². The van der Waals surface area contributed by atoms with Gasteiger partial charge in [0.15, 0.2) is 0 Å². The predicted molar refractivity (Wildman–Crippen MR) is 92.2 cm³/mol. The van der Waals surface area contributed by atoms with E-state index in [9.17, 15) is 4.79 Å². The van der Waals surface area contributed by atoms with Gasteiger partial charge in [-0.3, -0.25) is 4.79 Å². The molecule has 1 aromatic heterocycles. The summed E-state index contributed by atoms with van der Waals surface area (Å²) in [5.74, 6) is 1.11. The number of amides is 1. The molecule has 1 atom stereocenters. The molecule has 2 N–H and O–H groups in total. The number of nitrogens with zero attached hydrogens (tertiary/aromatic N) is 1. The van der Waals surface area contributed by atoms with Crippen molar-refractivity contribution in [3.8, 4) is 16.2 Å². The van der Waals surface area contributed by atoms with E-state index in [1.54, 1.807) is 11.3 Å². The first-order chi connectivity index (χ1) is 11.1. The number of carbonyl (C=O) groups excluding carboxylic acids is 1. The Labute approximate surface area is 139 Å². The molecule has 1 fully saturated rings. The minimum atomic E-state index is 0.121. The number of fused-ring (bicyclic) bond motifs is 1. The first kappa shape index (κ1) is 14.7. The molecule has 2 aromatic rings. The lowest BCUT2D eigenvalue weighted by atomic mass is 10.1. The van der Waals surface area contributed by atoms with Crippen LogP contribution in [0.25, 0.3) is 10.4 Å². The summed E-state index contributed by atoms with van der Waals surface area (Å²) in [6.07, 6.45) is 1.86. The summed E-state index contributed by atoms with van der Waals surface area (Å²) < 4.78 is 5.56. The lowest BCUT2D eigenvalue weighted by Gasteiger charge is -2.15. The topological polar surface area (TPSA) is 55.6 Å². The molecule has 5 heteroatoms. The van der Waals surface area contributed by atoms with E-state index in [1.165, 1.54) is 11.1 Å². The summed E-state index contributed by atoms with van der Waals surface area (Å²) in [5, 5.41) is 0. The van der Waals surface area contributed by atoms with E-state index < -0.39 is 0 Å². The fourth-order valence-corrected chi connectivity index (χ4v) is 4.43. The monoisotopic (exact) mass is 328 g/mol. The third-order valence-corrected chi connectivity index (χ3v) is 5.87. The van der Waals surface area contributed by atoms with Crippen molar-refractivity contribution >= 4 is 17.2 Å². The zero-order valence-corrected chi connectivity index (χ0v) is 14.0. The van der Waals surface area contributed by atoms with Gasteiger partial charge in [-0.2, -0.15) is 0 Å². The number of nitrogens with two attached hydrogens (primary N) is 1. The Morgan fingerprint density at radius 3 is 3.04 bits per heavy atom. The lowest BCUT2D eigenvalue weighted by molar-refractivity contribution is 0.0795. The van der Waals surface area contributed by atoms with Gasteiger partial charge in [-0.15, -0.1) is 11.3 Å². The molecule has 0 radical (unpaired) electrons. The maximum absolute atomic E-state index is 12.7. The van der Waals surface area contributed by atoms with Gasteiger partial charge in [0.1, 0.15) is 5.75 Å². The Balaban J connectivity index is 1.63. The third-order valence-electron chi connectivity index (χ3n) is 4.60. The Bertz CT molecular complexity index is 768. The number of benzene rings is 1. The summed E-state index contributed by atoms with van der Waals surface area (Å²) in [5.41, 5.74) is 9.40. The van der Waals surface area contributed by atoms with Gasteiger partial charge in [0.2, 0.25) is 0 Å². The number of carbonyl (C=O) groups is 1. The van der Waals surface area contributed by atoms with Crippen LogP contribution in [-0.4, -0.2) is 36.5 Å². The van der Waals surface area contributed by atoms with Gasteiger partial charge in [0.25, 0.3) is 5.91 Å². The molecule has 3 heterocycles. The van der Waals surface area contributed by atoms with Crippen molar-refractivity contribution in [1.29, 1.82) is 0 Å². The van der Waals surface area contributed by atoms with Gasteiger partial charge in [0.05, 0.1) is 11.5 Å². The molecule has 1 saturated heterocycles. The van der Waals surface area contributed by atoms with Crippen molar-refractivity contribution in [2.24, 2.45) is 5.73 Å². The minimum absolute atomic E-state index is 0.121. The van der Waals surface area contributed by atoms with Crippen LogP contribution in [0.2, 0.25) is 0 Å². The van der Waals surface area contributed by atoms with Gasteiger partial charge in [0, 0.05) is 30.4 Å². The van der Waals surface area contributed by atoms with E-state index in [0.717, 1.165) is 47.1 Å². The molecule has 0 unspecified atom stereocenters. The summed E-state index contributed by atoms with van der Waals surface area (Å²) in [4.78, 5) is 16.6. The highest BCUT2D eigenvalue weighted by Gasteiger charge is 2.27. The fourth-order valence-electron chi connectivity index (χ4n) is 3.29. The molecule has 23 heavy (non-hydrogen) atoms. The maximum Gasteiger partial charge on any atom is 0.264 e. The SMILES string of the molecule is Cc1cc(-c2ccc3c(c2)CCO3)sc1C(=O)N1CC[C@H](N)C1. The summed E-state index contributed by atoms with van der Waals surface area (Å²) >= 11 is 1.58. The van der Waals surface area contributed by atoms with Crippen molar-refractivity contribution in [2.75, 3.05) is 19.7 Å². The van der Waals surface area contributed by atoms with Gasteiger partial charge in [-0.05, 0) is 54.3 Å². The number of rotatable bonds is 2. The quantitative estimate of drug-likeness (QED) is 0.922. The normalized spacial score (nSPS) is 19.7. The smallest absolute Gasteiger partial charge is 0.264 e. The zero-order valence-electron chi connectivity index (χ0n) is 13.2. The summed E-state index contributed by atoms with van der Waals surface area (Å²) in [6, 6.07) is 8.54. The maximum atomic E-state index is 12.7. The van der Waals surface area contributed by atoms with E-state index in [2.05, 4.69) is 18.2 Å². The number of hydrogen-bond acceptors (Lipinski definition) is 4. The second kappa shape index (κ2) is 5.65. The number of ether oxygens (including phenoxy) is 1. The molecule has 1 aromatic carbocycles. The molecule has 4 nitrogen and oxygen atoms in total. The molecule has 0 aliphatic carbocycles. The van der Waals surface area contributed by atoms with E-state index in [0.29, 0.717) is 6.54 Å². The van der Waals surface area contributed by atoms with Crippen LogP contribution in [0.4, 0.5) is 0 Å². The van der Waals surface area contributed by atoms with E-state index in [4.69, 9.17) is 10.5 Å². The third kappa shape index (κ3) is 2.64. The number of likely N-dealkylation sites (tertiary alicyclic amines) is 1. The van der Waals surface area contributed by atoms with Crippen LogP contribution in [0, 0.1) is 6.92 Å². The van der Waals surface area contributed by atoms with Crippen molar-refractivity contribution in [3.05, 3.63) is 40.3 Å². The highest BCUT2D eigenvalue weighted by molar-refractivity contribution is 7.17. The number of aryl methyl sites for hydroxylation is 1. The van der Waals surface area contributed by atoms with Crippen molar-refractivity contribution in [1.82, 2.24) is 4.90 Å². The Hall–Kier alpha value is -1.85. The summed E-state index contributed by atoms with van der Waals surface area (Å²) in [6.45, 7) is 4.21. The van der Waals surface area contributed by atoms with Crippen LogP contribution in [0.1, 0.15) is 27.2 Å². The minimum Gasteiger partial charge on any atom is -0.493 e. The van der Waals surface area contributed by atoms with E-state index >= 15 is 0 Å². The van der Waals surface area contributed by atoms with Crippen LogP contribution < -0.4 is 10.5 Å². The standard InChI is InChI=1S/C18H20N2O2S/c1-11-8-16(13-2-3-15-12(9-13)5-7-22-15)23-17(11)18(21)20-6-4-14(19)10-20/h2-3,8-9,14H,4-7,10,19H2,1H3/t14-/m0/s1. The molecule has 0 saturated carbocycles. The fraction of sp³-hybridized carbons (Fsp3) is 0.389. The van der Waals surface area contributed by atoms with Crippen LogP contribution in [-0.2, 0) is 6.42 Å². The van der Waals surface area contributed by atoms with Crippen molar-refractivity contribution in [2.45, 2.75) is 25.8 Å². The molecule has 2 aliphatic rings. The molecule has 1 amide bonds. The van der Waals surface area contributed by atoms with Crippen molar-refractivity contribution < 1.29 is 9.53 Å². The molecule has 2 aliphatic heterocycles. The van der Waals surface area contributed by atoms with Crippen molar-refractivity contribution in [3.63, 3.8) is 0 Å². The Morgan fingerprint density at radius 2 is 2.26 bits per heavy atom. The molecular weight excluding hydrogens is 308 g/mol. The largest absolute Gasteiger partial charge is 0.493 e. The number of thiophene rings is 1. The second-order valence-corrected chi connectivity index (χ2v) is 7.40. The Kier molecular flexibility index (Phi) is 3.62. The molecule has 120 valence electrons. The van der Waals surface area contributed by atoms with Gasteiger partial charge < -0.3 is 15.4 Å². The zero-order chi connectivity index (χ0) is 16.0. The Morgan fingerprint density at radius 1 is 1.39 bits per heavy atom. The average molecular weight is 328 g/mol. The molecule has 0 spiro atoms. The predicted octanol–water partition coefficient (Wildman–Crippen LogP) is 2.83. The molecular formula is C18H20N2O2S. The summed E-state index contributed by atoms with van der Waals surface area (Å²) in [7, 11) is 0. The number of hydrogen-bond donors (Lipinski definition) is 1. The van der Waals surface area contributed by atoms with E-state index in [1.807, 2.05) is 17.9 Å². The van der Waals surface area contributed by atoms with Gasteiger partial charge in [-0.25, -0.2) is 0 Å². The van der Waals surface area contributed by atoms with Gasteiger partial charge in [-0.1, -0.05) is 0 Å². The van der Waals surface area contributed by atoms with Crippen LogP contribution >= 0.6 is 11.3 Å². The average Bonchev–Trinajstić information content (AvgIpc) is 3.25. The lowest BCUT2D eigenvalue weighted by Crippen LogP contribution is -2.31. The molecule has 0 bridgehead atoms. The first-order valence-electron chi connectivity index (χ1n) is 8.03. The highest BCUT2D eigenvalue weighted by atomic mass is 32.1. The second-order valence-electron chi connectivity index (χ2n) is 6.34.